The van der Waals surface area contributed by atoms with Crippen LogP contribution < -0.4 is 0 Å². The second-order valence-electron chi connectivity index (χ2n) is 4.83. The van der Waals surface area contributed by atoms with E-state index in [1.807, 2.05) is 0 Å². The normalized spacial score (nSPS) is 12.8. The largest absolute Gasteiger partial charge is 0.387 e. The van der Waals surface area contributed by atoms with E-state index in [2.05, 4.69) is 0 Å². The fourth-order valence-corrected chi connectivity index (χ4v) is 3.28. The number of halogens is 3. The Kier molecular flexibility index (Phi) is 3.69. The number of rotatable bonds is 3. The molecule has 0 aliphatic heterocycles. The zero-order chi connectivity index (χ0) is 15.0. The summed E-state index contributed by atoms with van der Waals surface area (Å²) in [6.45, 7) is 0. The number of hydrogen-bond acceptors (Lipinski definition) is 2. The Labute approximate surface area is 123 Å². The Morgan fingerprint density at radius 2 is 1.62 bits per heavy atom. The van der Waals surface area contributed by atoms with E-state index in [0.29, 0.717) is 15.8 Å². The van der Waals surface area contributed by atoms with Gasteiger partial charge < -0.3 is 5.11 Å². The number of aliphatic hydroxyl groups excluding tert-OH is 1. The first kappa shape index (κ1) is 14.1. The van der Waals surface area contributed by atoms with Crippen LogP contribution in [-0.2, 0) is 6.42 Å². The molecule has 1 nitrogen and oxygen atoms in total. The minimum Gasteiger partial charge on any atom is -0.387 e. The van der Waals surface area contributed by atoms with Gasteiger partial charge in [-0.05, 0) is 47.3 Å². The van der Waals surface area contributed by atoms with Gasteiger partial charge in [-0.1, -0.05) is 0 Å². The summed E-state index contributed by atoms with van der Waals surface area (Å²) in [5.41, 5.74) is 0.378. The summed E-state index contributed by atoms with van der Waals surface area (Å²) in [4.78, 5) is 0.639. The summed E-state index contributed by atoms with van der Waals surface area (Å²) in [6.07, 6.45) is -0.782. The van der Waals surface area contributed by atoms with E-state index in [0.717, 1.165) is 10.8 Å². The lowest BCUT2D eigenvalue weighted by molar-refractivity contribution is 0.182. The van der Waals surface area contributed by atoms with Crippen molar-refractivity contribution in [2.75, 3.05) is 0 Å². The molecular formula is C16H11F3OS. The summed E-state index contributed by atoms with van der Waals surface area (Å²) < 4.78 is 40.3. The SMILES string of the molecule is OC(Cc1cc(F)cc(F)c1)c1cc2cc(F)ccc2s1. The minimum absolute atomic E-state index is 0.101. The number of fused-ring (bicyclic) bond motifs is 1. The van der Waals surface area contributed by atoms with Gasteiger partial charge in [0, 0.05) is 22.1 Å². The van der Waals surface area contributed by atoms with E-state index in [4.69, 9.17) is 0 Å². The van der Waals surface area contributed by atoms with Crippen LogP contribution in [-0.4, -0.2) is 5.11 Å². The molecule has 0 spiro atoms. The summed E-state index contributed by atoms with van der Waals surface area (Å²) >= 11 is 1.34. The maximum Gasteiger partial charge on any atom is 0.126 e. The molecule has 1 unspecified atom stereocenters. The van der Waals surface area contributed by atoms with Crippen LogP contribution in [0.15, 0.2) is 42.5 Å². The molecule has 0 amide bonds. The molecule has 1 heterocycles. The predicted molar refractivity (Wildman–Crippen MR) is 76.8 cm³/mol. The van der Waals surface area contributed by atoms with Crippen LogP contribution in [0.4, 0.5) is 13.2 Å². The second kappa shape index (κ2) is 5.50. The first-order valence-corrected chi connectivity index (χ1v) is 7.15. The fraction of sp³-hybridized carbons (Fsp3) is 0.125. The number of benzene rings is 2. The number of thiophene rings is 1. The van der Waals surface area contributed by atoms with Gasteiger partial charge in [-0.25, -0.2) is 13.2 Å². The van der Waals surface area contributed by atoms with E-state index >= 15 is 0 Å². The molecule has 0 bridgehead atoms. The molecule has 3 rings (SSSR count). The van der Waals surface area contributed by atoms with E-state index < -0.39 is 17.7 Å². The van der Waals surface area contributed by atoms with Crippen molar-refractivity contribution < 1.29 is 18.3 Å². The summed E-state index contributed by atoms with van der Waals surface area (Å²) in [5, 5.41) is 10.9. The lowest BCUT2D eigenvalue weighted by atomic mass is 10.1. The van der Waals surface area contributed by atoms with Crippen LogP contribution in [0, 0.1) is 17.5 Å². The third-order valence-corrected chi connectivity index (χ3v) is 4.39. The highest BCUT2D eigenvalue weighted by Gasteiger charge is 2.14. The van der Waals surface area contributed by atoms with Crippen molar-refractivity contribution in [3.05, 3.63) is 70.4 Å². The fourth-order valence-electron chi connectivity index (χ4n) is 2.25. The highest BCUT2D eigenvalue weighted by Crippen LogP contribution is 2.32. The van der Waals surface area contributed by atoms with Crippen LogP contribution in [0.1, 0.15) is 16.5 Å². The van der Waals surface area contributed by atoms with Gasteiger partial charge in [0.15, 0.2) is 0 Å². The molecule has 2 aromatic carbocycles. The molecule has 108 valence electrons. The average Bonchev–Trinajstić information content (AvgIpc) is 2.80. The third-order valence-electron chi connectivity index (χ3n) is 3.18. The topological polar surface area (TPSA) is 20.2 Å². The monoisotopic (exact) mass is 308 g/mol. The van der Waals surface area contributed by atoms with E-state index in [-0.39, 0.29) is 12.2 Å². The summed E-state index contributed by atoms with van der Waals surface area (Å²) in [5.74, 6) is -1.68. The van der Waals surface area contributed by atoms with Crippen molar-refractivity contribution in [2.24, 2.45) is 0 Å². The van der Waals surface area contributed by atoms with Gasteiger partial charge >= 0.3 is 0 Å². The van der Waals surface area contributed by atoms with Gasteiger partial charge in [0.25, 0.3) is 0 Å². The van der Waals surface area contributed by atoms with Gasteiger partial charge in [0.2, 0.25) is 0 Å². The van der Waals surface area contributed by atoms with Gasteiger partial charge in [-0.3, -0.25) is 0 Å². The van der Waals surface area contributed by atoms with Crippen molar-refractivity contribution in [2.45, 2.75) is 12.5 Å². The van der Waals surface area contributed by atoms with E-state index in [1.165, 1.54) is 35.6 Å². The molecular weight excluding hydrogens is 297 g/mol. The zero-order valence-corrected chi connectivity index (χ0v) is 11.6. The standard InChI is InChI=1S/C16H11F3OS/c17-11-1-2-15-10(6-11)7-16(21-15)14(20)5-9-3-12(18)8-13(19)4-9/h1-4,6-8,14,20H,5H2. The molecule has 0 saturated carbocycles. The number of aliphatic hydroxyl groups is 1. The average molecular weight is 308 g/mol. The molecule has 0 aliphatic carbocycles. The van der Waals surface area contributed by atoms with Crippen LogP contribution in [0.2, 0.25) is 0 Å². The molecule has 21 heavy (non-hydrogen) atoms. The molecule has 0 radical (unpaired) electrons. The smallest absolute Gasteiger partial charge is 0.126 e. The molecule has 0 aliphatic rings. The van der Waals surface area contributed by atoms with Crippen LogP contribution in [0.5, 0.6) is 0 Å². The molecule has 0 fully saturated rings. The van der Waals surface area contributed by atoms with E-state index in [9.17, 15) is 18.3 Å². The van der Waals surface area contributed by atoms with Crippen molar-refractivity contribution in [1.82, 2.24) is 0 Å². The Hall–Kier alpha value is -1.85. The van der Waals surface area contributed by atoms with Gasteiger partial charge in [-0.15, -0.1) is 11.3 Å². The molecule has 3 aromatic rings. The summed E-state index contributed by atoms with van der Waals surface area (Å²) in [7, 11) is 0. The molecule has 1 aromatic heterocycles. The van der Waals surface area contributed by atoms with Crippen LogP contribution in [0.25, 0.3) is 10.1 Å². The highest BCUT2D eigenvalue weighted by molar-refractivity contribution is 7.19. The highest BCUT2D eigenvalue weighted by atomic mass is 32.1. The first-order chi connectivity index (χ1) is 10.0. The summed E-state index contributed by atoms with van der Waals surface area (Å²) in [6, 6.07) is 9.27. The van der Waals surface area contributed by atoms with Crippen LogP contribution >= 0.6 is 11.3 Å². The van der Waals surface area contributed by atoms with Gasteiger partial charge in [0.1, 0.15) is 17.5 Å². The predicted octanol–water partition coefficient (Wildman–Crippen LogP) is 4.59. The Balaban J connectivity index is 1.87. The Morgan fingerprint density at radius 3 is 2.33 bits per heavy atom. The van der Waals surface area contributed by atoms with Gasteiger partial charge in [0.05, 0.1) is 6.10 Å². The molecule has 1 N–H and O–H groups in total. The zero-order valence-electron chi connectivity index (χ0n) is 10.8. The minimum atomic E-state index is -0.883. The molecule has 0 saturated heterocycles. The van der Waals surface area contributed by atoms with Crippen molar-refractivity contribution in [3.8, 4) is 0 Å². The van der Waals surface area contributed by atoms with Crippen LogP contribution in [0.3, 0.4) is 0 Å². The molecule has 1 atom stereocenters. The van der Waals surface area contributed by atoms with E-state index in [1.54, 1.807) is 12.1 Å². The maximum absolute atomic E-state index is 13.1. The quantitative estimate of drug-likeness (QED) is 0.750. The van der Waals surface area contributed by atoms with Crippen molar-refractivity contribution in [3.63, 3.8) is 0 Å². The second-order valence-corrected chi connectivity index (χ2v) is 5.94. The Morgan fingerprint density at radius 1 is 0.905 bits per heavy atom. The Bertz CT molecular complexity index is 777. The van der Waals surface area contributed by atoms with Crippen molar-refractivity contribution in [1.29, 1.82) is 0 Å². The number of hydrogen-bond donors (Lipinski definition) is 1. The lowest BCUT2D eigenvalue weighted by Crippen LogP contribution is -2.00. The lowest BCUT2D eigenvalue weighted by Gasteiger charge is -2.08. The third kappa shape index (κ3) is 3.09. The first-order valence-electron chi connectivity index (χ1n) is 6.33. The maximum atomic E-state index is 13.1. The molecule has 5 heteroatoms. The van der Waals surface area contributed by atoms with Gasteiger partial charge in [-0.2, -0.15) is 0 Å². The van der Waals surface area contributed by atoms with Crippen molar-refractivity contribution >= 4 is 21.4 Å².